The van der Waals surface area contributed by atoms with E-state index in [-0.39, 0.29) is 5.91 Å². The summed E-state index contributed by atoms with van der Waals surface area (Å²) in [6.07, 6.45) is 4.92. The predicted molar refractivity (Wildman–Crippen MR) is 112 cm³/mol. The average molecular weight is 380 g/mol. The Bertz CT molecular complexity index is 839. The first-order valence-electron chi connectivity index (χ1n) is 10.3. The number of aromatic nitrogens is 2. The SMILES string of the molecule is Cc1cccc(N2CCN(c3cc(C(=O)N4CCCCC4)ncn3)CC2)c1C. The average Bonchev–Trinajstić information content (AvgIpc) is 2.76. The number of piperazine rings is 1. The van der Waals surface area contributed by atoms with Crippen LogP contribution in [0.25, 0.3) is 0 Å². The van der Waals surface area contributed by atoms with Crippen molar-refractivity contribution >= 4 is 17.4 Å². The zero-order valence-corrected chi connectivity index (χ0v) is 16.9. The normalized spacial score (nSPS) is 17.7. The van der Waals surface area contributed by atoms with Crippen molar-refractivity contribution in [3.05, 3.63) is 47.4 Å². The van der Waals surface area contributed by atoms with E-state index >= 15 is 0 Å². The lowest BCUT2D eigenvalue weighted by Gasteiger charge is -2.37. The second-order valence-corrected chi connectivity index (χ2v) is 7.81. The van der Waals surface area contributed by atoms with Gasteiger partial charge in [0.2, 0.25) is 0 Å². The van der Waals surface area contributed by atoms with E-state index < -0.39 is 0 Å². The Labute approximate surface area is 167 Å². The molecule has 2 saturated heterocycles. The van der Waals surface area contributed by atoms with Gasteiger partial charge >= 0.3 is 0 Å². The zero-order valence-electron chi connectivity index (χ0n) is 16.9. The van der Waals surface area contributed by atoms with Gasteiger partial charge in [-0.25, -0.2) is 9.97 Å². The van der Waals surface area contributed by atoms with E-state index in [2.05, 4.69) is 51.8 Å². The van der Waals surface area contributed by atoms with Crippen molar-refractivity contribution in [2.24, 2.45) is 0 Å². The first-order chi connectivity index (χ1) is 13.6. The number of piperidine rings is 1. The van der Waals surface area contributed by atoms with Crippen LogP contribution >= 0.6 is 0 Å². The van der Waals surface area contributed by atoms with Gasteiger partial charge in [-0.15, -0.1) is 0 Å². The third-order valence-corrected chi connectivity index (χ3v) is 6.04. The summed E-state index contributed by atoms with van der Waals surface area (Å²) in [5, 5.41) is 0. The molecule has 1 aromatic heterocycles. The Morgan fingerprint density at radius 1 is 0.893 bits per heavy atom. The van der Waals surface area contributed by atoms with Gasteiger partial charge in [-0.1, -0.05) is 12.1 Å². The van der Waals surface area contributed by atoms with Gasteiger partial charge in [0.15, 0.2) is 0 Å². The highest BCUT2D eigenvalue weighted by Crippen LogP contribution is 2.25. The molecule has 0 bridgehead atoms. The van der Waals surface area contributed by atoms with Crippen LogP contribution in [-0.2, 0) is 0 Å². The van der Waals surface area contributed by atoms with Gasteiger partial charge in [0, 0.05) is 51.0 Å². The molecule has 0 unspecified atom stereocenters. The fraction of sp³-hybridized carbons (Fsp3) is 0.500. The number of carbonyl (C=O) groups is 1. The maximum Gasteiger partial charge on any atom is 0.272 e. The lowest BCUT2D eigenvalue weighted by molar-refractivity contribution is 0.0718. The van der Waals surface area contributed by atoms with Crippen LogP contribution in [-0.4, -0.2) is 60.0 Å². The molecule has 1 amide bonds. The van der Waals surface area contributed by atoms with E-state index in [1.54, 1.807) is 0 Å². The van der Waals surface area contributed by atoms with E-state index in [1.165, 1.54) is 29.6 Å². The Morgan fingerprint density at radius 3 is 2.36 bits per heavy atom. The molecule has 0 N–H and O–H groups in total. The Kier molecular flexibility index (Phi) is 5.46. The highest BCUT2D eigenvalue weighted by Gasteiger charge is 2.23. The number of likely N-dealkylation sites (tertiary alicyclic amines) is 1. The predicted octanol–water partition coefficient (Wildman–Crippen LogP) is 3.05. The molecule has 2 aromatic rings. The molecule has 28 heavy (non-hydrogen) atoms. The standard InChI is InChI=1S/C22H29N5O/c1-17-7-6-8-20(18(17)2)25-11-13-26(14-12-25)21-15-19(23-16-24-21)22(28)27-9-4-3-5-10-27/h6-8,15-16H,3-5,9-14H2,1-2H3. The summed E-state index contributed by atoms with van der Waals surface area (Å²) < 4.78 is 0. The van der Waals surface area contributed by atoms with E-state index in [9.17, 15) is 4.79 Å². The number of nitrogens with zero attached hydrogens (tertiary/aromatic N) is 5. The van der Waals surface area contributed by atoms with E-state index in [4.69, 9.17) is 0 Å². The van der Waals surface area contributed by atoms with E-state index in [1.807, 2.05) is 11.0 Å². The summed E-state index contributed by atoms with van der Waals surface area (Å²) in [4.78, 5) is 28.1. The molecule has 148 valence electrons. The minimum atomic E-state index is 0.0392. The van der Waals surface area contributed by atoms with Crippen LogP contribution in [0.1, 0.15) is 40.9 Å². The topological polar surface area (TPSA) is 52.6 Å². The number of aryl methyl sites for hydroxylation is 1. The van der Waals surface area contributed by atoms with Gasteiger partial charge < -0.3 is 14.7 Å². The molecule has 6 nitrogen and oxygen atoms in total. The van der Waals surface area contributed by atoms with Crippen molar-refractivity contribution in [1.82, 2.24) is 14.9 Å². The van der Waals surface area contributed by atoms with Crippen LogP contribution in [0.5, 0.6) is 0 Å². The van der Waals surface area contributed by atoms with E-state index in [0.29, 0.717) is 5.69 Å². The quantitative estimate of drug-likeness (QED) is 0.820. The molecule has 0 atom stereocenters. The van der Waals surface area contributed by atoms with Gasteiger partial charge in [0.1, 0.15) is 17.8 Å². The van der Waals surface area contributed by atoms with Crippen LogP contribution in [0.4, 0.5) is 11.5 Å². The highest BCUT2D eigenvalue weighted by molar-refractivity contribution is 5.93. The van der Waals surface area contributed by atoms with Crippen molar-refractivity contribution in [1.29, 1.82) is 0 Å². The fourth-order valence-electron chi connectivity index (χ4n) is 4.15. The summed E-state index contributed by atoms with van der Waals surface area (Å²) >= 11 is 0. The number of hydrogen-bond donors (Lipinski definition) is 0. The summed E-state index contributed by atoms with van der Waals surface area (Å²) in [5.41, 5.74) is 4.52. The molecule has 0 radical (unpaired) electrons. The summed E-state index contributed by atoms with van der Waals surface area (Å²) in [5.74, 6) is 0.897. The van der Waals surface area contributed by atoms with E-state index in [0.717, 1.165) is 57.9 Å². The fourth-order valence-corrected chi connectivity index (χ4v) is 4.15. The molecule has 1 aromatic carbocycles. The maximum absolute atomic E-state index is 12.8. The highest BCUT2D eigenvalue weighted by atomic mass is 16.2. The molecule has 6 heteroatoms. The summed E-state index contributed by atoms with van der Waals surface area (Å²) in [6, 6.07) is 8.37. The smallest absolute Gasteiger partial charge is 0.272 e. The summed E-state index contributed by atoms with van der Waals surface area (Å²) in [7, 11) is 0. The number of hydrogen-bond acceptors (Lipinski definition) is 5. The first kappa shape index (κ1) is 18.7. The molecule has 2 aliphatic heterocycles. The molecular weight excluding hydrogens is 350 g/mol. The Morgan fingerprint density at radius 2 is 1.61 bits per heavy atom. The molecule has 2 aliphatic rings. The molecule has 0 spiro atoms. The number of benzene rings is 1. The van der Waals surface area contributed by atoms with Gasteiger partial charge in [-0.05, 0) is 50.3 Å². The van der Waals surface area contributed by atoms with Gasteiger partial charge in [0.05, 0.1) is 0 Å². The second kappa shape index (κ2) is 8.17. The number of carbonyl (C=O) groups excluding carboxylic acids is 1. The van der Waals surface area contributed by atoms with Crippen molar-refractivity contribution in [3.8, 4) is 0 Å². The second-order valence-electron chi connectivity index (χ2n) is 7.81. The Balaban J connectivity index is 1.43. The Hall–Kier alpha value is -2.63. The number of rotatable bonds is 3. The van der Waals surface area contributed by atoms with Crippen molar-refractivity contribution in [2.45, 2.75) is 33.1 Å². The third-order valence-electron chi connectivity index (χ3n) is 6.04. The zero-order chi connectivity index (χ0) is 19.5. The third kappa shape index (κ3) is 3.81. The molecule has 0 aliphatic carbocycles. The van der Waals surface area contributed by atoms with Gasteiger partial charge in [0.25, 0.3) is 5.91 Å². The van der Waals surface area contributed by atoms with Crippen LogP contribution in [0, 0.1) is 13.8 Å². The number of amides is 1. The lowest BCUT2D eigenvalue weighted by atomic mass is 10.1. The minimum absolute atomic E-state index is 0.0392. The lowest BCUT2D eigenvalue weighted by Crippen LogP contribution is -2.47. The molecule has 2 fully saturated rings. The number of anilines is 2. The van der Waals surface area contributed by atoms with Crippen LogP contribution in [0.15, 0.2) is 30.6 Å². The van der Waals surface area contributed by atoms with Crippen molar-refractivity contribution in [3.63, 3.8) is 0 Å². The monoisotopic (exact) mass is 379 g/mol. The van der Waals surface area contributed by atoms with Crippen LogP contribution in [0.2, 0.25) is 0 Å². The van der Waals surface area contributed by atoms with Crippen molar-refractivity contribution < 1.29 is 4.79 Å². The van der Waals surface area contributed by atoms with Gasteiger partial charge in [-0.2, -0.15) is 0 Å². The first-order valence-corrected chi connectivity index (χ1v) is 10.3. The largest absolute Gasteiger partial charge is 0.368 e. The van der Waals surface area contributed by atoms with Crippen molar-refractivity contribution in [2.75, 3.05) is 49.1 Å². The van der Waals surface area contributed by atoms with Crippen LogP contribution < -0.4 is 9.80 Å². The minimum Gasteiger partial charge on any atom is -0.368 e. The van der Waals surface area contributed by atoms with Gasteiger partial charge in [-0.3, -0.25) is 4.79 Å². The van der Waals surface area contributed by atoms with Crippen LogP contribution in [0.3, 0.4) is 0 Å². The molecule has 3 heterocycles. The summed E-state index contributed by atoms with van der Waals surface area (Å²) in [6.45, 7) is 9.72. The molecule has 4 rings (SSSR count). The molecule has 0 saturated carbocycles. The molecular formula is C22H29N5O. The maximum atomic E-state index is 12.8.